The average Bonchev–Trinajstić information content (AvgIpc) is 2.59. The van der Waals surface area contributed by atoms with Gasteiger partial charge in [0.2, 0.25) is 0 Å². The molecule has 70 valence electrons. The van der Waals surface area contributed by atoms with E-state index in [0.29, 0.717) is 5.02 Å². The van der Waals surface area contributed by atoms with E-state index in [1.54, 1.807) is 11.3 Å². The van der Waals surface area contributed by atoms with Crippen molar-refractivity contribution in [2.24, 2.45) is 0 Å². The molecule has 0 radical (unpaired) electrons. The molecule has 0 N–H and O–H groups in total. The monoisotopic (exact) mass is 221 g/mol. The molecule has 0 saturated heterocycles. The summed E-state index contributed by atoms with van der Waals surface area (Å²) in [6, 6.07) is 6.02. The topological polar surface area (TPSA) is 23.8 Å². The maximum atomic E-state index is 8.89. The van der Waals surface area contributed by atoms with Gasteiger partial charge in [-0.15, -0.1) is 11.3 Å². The molecule has 1 heterocycles. The van der Waals surface area contributed by atoms with E-state index in [2.05, 4.69) is 13.0 Å². The summed E-state index contributed by atoms with van der Waals surface area (Å²) in [5.74, 6) is 0. The highest BCUT2D eigenvalue weighted by Gasteiger charge is 2.08. The zero-order valence-corrected chi connectivity index (χ0v) is 9.25. The van der Waals surface area contributed by atoms with E-state index in [4.69, 9.17) is 16.9 Å². The quantitative estimate of drug-likeness (QED) is 0.715. The van der Waals surface area contributed by atoms with Crippen molar-refractivity contribution in [1.29, 1.82) is 5.26 Å². The molecule has 3 heteroatoms. The van der Waals surface area contributed by atoms with Gasteiger partial charge < -0.3 is 0 Å². The second-order valence-corrected chi connectivity index (χ2v) is 4.37. The molecule has 0 fully saturated rings. The highest BCUT2D eigenvalue weighted by atomic mass is 35.5. The average molecular weight is 222 g/mol. The smallest absolute Gasteiger partial charge is 0.101 e. The zero-order chi connectivity index (χ0) is 10.1. The van der Waals surface area contributed by atoms with Gasteiger partial charge >= 0.3 is 0 Å². The molecular weight excluding hydrogens is 214 g/mol. The predicted octanol–water partition coefficient (Wildman–Crippen LogP) is 3.99. The third-order valence-corrected chi connectivity index (χ3v) is 3.51. The molecule has 0 saturated carbocycles. The Morgan fingerprint density at radius 1 is 1.50 bits per heavy atom. The van der Waals surface area contributed by atoms with Crippen LogP contribution in [0.1, 0.15) is 18.1 Å². The summed E-state index contributed by atoms with van der Waals surface area (Å²) in [7, 11) is 0. The van der Waals surface area contributed by atoms with Gasteiger partial charge in [0.15, 0.2) is 0 Å². The van der Waals surface area contributed by atoms with E-state index in [9.17, 15) is 0 Å². The number of fused-ring (bicyclic) bond motifs is 1. The Kier molecular flexibility index (Phi) is 2.45. The lowest BCUT2D eigenvalue weighted by Gasteiger charge is -2.00. The first kappa shape index (κ1) is 9.51. The number of rotatable bonds is 1. The number of benzene rings is 1. The summed E-state index contributed by atoms with van der Waals surface area (Å²) in [5.41, 5.74) is 1.95. The van der Waals surface area contributed by atoms with E-state index < -0.39 is 0 Å². The molecule has 1 aromatic heterocycles. The van der Waals surface area contributed by atoms with Crippen molar-refractivity contribution in [3.63, 3.8) is 0 Å². The molecule has 2 rings (SSSR count). The number of hydrogen-bond acceptors (Lipinski definition) is 2. The van der Waals surface area contributed by atoms with Crippen LogP contribution in [0.5, 0.6) is 0 Å². The van der Waals surface area contributed by atoms with Crippen LogP contribution >= 0.6 is 22.9 Å². The van der Waals surface area contributed by atoms with Gasteiger partial charge in [-0.25, -0.2) is 0 Å². The standard InChI is InChI=1S/C11H8ClNS/c1-2-7-3-9(12)4-10-8(5-13)6-14-11(7)10/h3-4,6H,2H2,1H3. The van der Waals surface area contributed by atoms with Gasteiger partial charge in [0.25, 0.3) is 0 Å². The molecular formula is C11H8ClNS. The molecule has 1 aromatic carbocycles. The Morgan fingerprint density at radius 2 is 2.29 bits per heavy atom. The first-order chi connectivity index (χ1) is 6.76. The van der Waals surface area contributed by atoms with Crippen molar-refractivity contribution < 1.29 is 0 Å². The van der Waals surface area contributed by atoms with Crippen LogP contribution in [0.25, 0.3) is 10.1 Å². The van der Waals surface area contributed by atoms with Gasteiger partial charge in [-0.05, 0) is 24.1 Å². The number of nitriles is 1. The molecule has 0 bridgehead atoms. The maximum Gasteiger partial charge on any atom is 0.101 e. The summed E-state index contributed by atoms with van der Waals surface area (Å²) in [5, 5.41) is 12.5. The fourth-order valence-electron chi connectivity index (χ4n) is 1.52. The molecule has 1 nitrogen and oxygen atoms in total. The summed E-state index contributed by atoms with van der Waals surface area (Å²) in [6.07, 6.45) is 0.947. The van der Waals surface area contributed by atoms with Crippen LogP contribution in [-0.4, -0.2) is 0 Å². The molecule has 0 amide bonds. The van der Waals surface area contributed by atoms with Crippen molar-refractivity contribution >= 4 is 33.0 Å². The summed E-state index contributed by atoms with van der Waals surface area (Å²) >= 11 is 7.60. The molecule has 0 unspecified atom stereocenters. The lowest BCUT2D eigenvalue weighted by Crippen LogP contribution is -1.80. The number of nitrogens with zero attached hydrogens (tertiary/aromatic N) is 1. The first-order valence-electron chi connectivity index (χ1n) is 4.36. The molecule has 0 aliphatic heterocycles. The summed E-state index contributed by atoms with van der Waals surface area (Å²) in [4.78, 5) is 0. The molecule has 0 aliphatic carbocycles. The highest BCUT2D eigenvalue weighted by molar-refractivity contribution is 7.17. The minimum absolute atomic E-state index is 0.712. The van der Waals surface area contributed by atoms with Gasteiger partial charge in [0, 0.05) is 20.5 Å². The van der Waals surface area contributed by atoms with Gasteiger partial charge in [-0.3, -0.25) is 0 Å². The van der Waals surface area contributed by atoms with Crippen molar-refractivity contribution in [3.8, 4) is 6.07 Å². The van der Waals surface area contributed by atoms with Crippen molar-refractivity contribution in [2.75, 3.05) is 0 Å². The number of halogens is 1. The molecule has 2 aromatic rings. The number of thiophene rings is 1. The summed E-state index contributed by atoms with van der Waals surface area (Å²) in [6.45, 7) is 2.09. The Bertz CT molecular complexity index is 522. The van der Waals surface area contributed by atoms with E-state index in [1.807, 2.05) is 17.5 Å². The zero-order valence-electron chi connectivity index (χ0n) is 7.67. The molecule has 0 atom stereocenters. The minimum Gasteiger partial charge on any atom is -0.192 e. The Hall–Kier alpha value is -1.04. The largest absolute Gasteiger partial charge is 0.192 e. The lowest BCUT2D eigenvalue weighted by molar-refractivity contribution is 1.16. The van der Waals surface area contributed by atoms with Crippen molar-refractivity contribution in [2.45, 2.75) is 13.3 Å². The Morgan fingerprint density at radius 3 is 2.93 bits per heavy atom. The van der Waals surface area contributed by atoms with Crippen LogP contribution in [0, 0.1) is 11.3 Å². The highest BCUT2D eigenvalue weighted by Crippen LogP contribution is 2.31. The van der Waals surface area contributed by atoms with Crippen LogP contribution in [0.15, 0.2) is 17.5 Å². The van der Waals surface area contributed by atoms with E-state index in [1.165, 1.54) is 10.3 Å². The normalized spacial score (nSPS) is 10.4. The second-order valence-electron chi connectivity index (χ2n) is 3.06. The van der Waals surface area contributed by atoms with Gasteiger partial charge in [0.05, 0.1) is 5.56 Å². The lowest BCUT2D eigenvalue weighted by atomic mass is 10.1. The van der Waals surface area contributed by atoms with E-state index >= 15 is 0 Å². The SMILES string of the molecule is CCc1cc(Cl)cc2c(C#N)csc12. The van der Waals surface area contributed by atoms with Crippen LogP contribution in [0.3, 0.4) is 0 Å². The Balaban J connectivity index is 2.85. The predicted molar refractivity (Wildman–Crippen MR) is 60.9 cm³/mol. The second kappa shape index (κ2) is 3.61. The number of hydrogen-bond donors (Lipinski definition) is 0. The third-order valence-electron chi connectivity index (χ3n) is 2.22. The van der Waals surface area contributed by atoms with Crippen LogP contribution in [-0.2, 0) is 6.42 Å². The fraction of sp³-hybridized carbons (Fsp3) is 0.182. The van der Waals surface area contributed by atoms with Crippen LogP contribution in [0.4, 0.5) is 0 Å². The Labute approximate surface area is 91.5 Å². The van der Waals surface area contributed by atoms with Gasteiger partial charge in [-0.1, -0.05) is 18.5 Å². The molecule has 0 spiro atoms. The third kappa shape index (κ3) is 1.39. The van der Waals surface area contributed by atoms with Gasteiger partial charge in [0.1, 0.15) is 6.07 Å². The minimum atomic E-state index is 0.712. The van der Waals surface area contributed by atoms with Crippen molar-refractivity contribution in [1.82, 2.24) is 0 Å². The number of aryl methyl sites for hydroxylation is 1. The molecule has 0 aliphatic rings. The van der Waals surface area contributed by atoms with Crippen molar-refractivity contribution in [3.05, 3.63) is 33.7 Å². The summed E-state index contributed by atoms with van der Waals surface area (Å²) < 4.78 is 1.19. The fourth-order valence-corrected chi connectivity index (χ4v) is 2.83. The van der Waals surface area contributed by atoms with E-state index in [-0.39, 0.29) is 0 Å². The molecule has 14 heavy (non-hydrogen) atoms. The first-order valence-corrected chi connectivity index (χ1v) is 5.61. The van der Waals surface area contributed by atoms with Crippen LogP contribution < -0.4 is 0 Å². The van der Waals surface area contributed by atoms with Crippen LogP contribution in [0.2, 0.25) is 5.02 Å². The van der Waals surface area contributed by atoms with E-state index in [0.717, 1.165) is 17.4 Å². The van der Waals surface area contributed by atoms with Gasteiger partial charge in [-0.2, -0.15) is 5.26 Å². The maximum absolute atomic E-state index is 8.89.